The molecule has 0 spiro atoms. The second-order valence-electron chi connectivity index (χ2n) is 7.23. The van der Waals surface area contributed by atoms with Crippen molar-refractivity contribution in [1.29, 1.82) is 0 Å². The Balaban J connectivity index is 4.62. The molecule has 2 unspecified atom stereocenters. The topological polar surface area (TPSA) is 0 Å². The zero-order valence-electron chi connectivity index (χ0n) is 11.9. The van der Waals surface area contributed by atoms with Gasteiger partial charge in [-0.1, -0.05) is 86.2 Å². The Bertz CT molecular complexity index is 174. The predicted octanol–water partition coefficient (Wildman–Crippen LogP) is 6.05. The summed E-state index contributed by atoms with van der Waals surface area (Å²) < 4.78 is 0. The minimum absolute atomic E-state index is 0.178. The normalized spacial score (nSPS) is 18.2. The van der Waals surface area contributed by atoms with Crippen molar-refractivity contribution in [3.63, 3.8) is 0 Å². The van der Waals surface area contributed by atoms with Gasteiger partial charge in [0, 0.05) is 0 Å². The van der Waals surface area contributed by atoms with Crippen molar-refractivity contribution in [3.05, 3.63) is 0 Å². The van der Waals surface area contributed by atoms with Crippen molar-refractivity contribution in [3.8, 4) is 0 Å². The van der Waals surface area contributed by atoms with Crippen molar-refractivity contribution in [2.45, 2.75) is 77.8 Å². The molecule has 0 aromatic carbocycles. The predicted molar refractivity (Wildman–Crippen MR) is 82.8 cm³/mol. The largest absolute Gasteiger partial charge is 0.0857 e. The lowest BCUT2D eigenvalue weighted by Crippen LogP contribution is -2.14. The van der Waals surface area contributed by atoms with E-state index in [-0.39, 0.29) is 7.30 Å². The highest BCUT2D eigenvalue weighted by Crippen LogP contribution is 2.81. The molecule has 15 heavy (non-hydrogen) atoms. The summed E-state index contributed by atoms with van der Waals surface area (Å²) >= 11 is 0. The maximum atomic E-state index is 2.43. The van der Waals surface area contributed by atoms with Crippen LogP contribution in [0.3, 0.4) is 0 Å². The van der Waals surface area contributed by atoms with E-state index in [1.165, 1.54) is 0 Å². The van der Waals surface area contributed by atoms with Gasteiger partial charge in [0.15, 0.2) is 0 Å². The summed E-state index contributed by atoms with van der Waals surface area (Å²) in [6.07, 6.45) is 0. The third-order valence-corrected chi connectivity index (χ3v) is 16.1. The average Bonchev–Trinajstić information content (AvgIpc) is 1.75. The van der Waals surface area contributed by atoms with Gasteiger partial charge in [-0.3, -0.25) is 0 Å². The van der Waals surface area contributed by atoms with Crippen LogP contribution in [0.15, 0.2) is 0 Å². The molecule has 0 amide bonds. The van der Waals surface area contributed by atoms with E-state index in [4.69, 9.17) is 0 Å². The molecular formula is C12H29P3. The van der Waals surface area contributed by atoms with Gasteiger partial charge in [-0.2, -0.15) is 0 Å². The van der Waals surface area contributed by atoms with Crippen molar-refractivity contribution in [2.75, 3.05) is 0 Å². The Morgan fingerprint density at radius 3 is 1.00 bits per heavy atom. The molecule has 3 heteroatoms. The van der Waals surface area contributed by atoms with E-state index in [1.54, 1.807) is 0 Å². The molecule has 2 atom stereocenters. The molecule has 0 aliphatic carbocycles. The van der Waals surface area contributed by atoms with Crippen molar-refractivity contribution in [2.24, 2.45) is 0 Å². The van der Waals surface area contributed by atoms with Crippen LogP contribution < -0.4 is 0 Å². The van der Waals surface area contributed by atoms with E-state index in [9.17, 15) is 0 Å². The van der Waals surface area contributed by atoms with E-state index in [1.807, 2.05) is 0 Å². The smallest absolute Gasteiger partial charge is 0.0107 e. The van der Waals surface area contributed by atoms with Crippen molar-refractivity contribution >= 4 is 23.8 Å². The van der Waals surface area contributed by atoms with Gasteiger partial charge in [-0.25, -0.2) is 0 Å². The third kappa shape index (κ3) is 9.03. The van der Waals surface area contributed by atoms with Crippen LogP contribution in [-0.4, -0.2) is 15.5 Å². The quantitative estimate of drug-likeness (QED) is 0.533. The number of rotatable bonds is 2. The first-order chi connectivity index (χ1) is 6.31. The number of hydrogen-bond donors (Lipinski definition) is 0. The van der Waals surface area contributed by atoms with E-state index < -0.39 is 0 Å². The van der Waals surface area contributed by atoms with Crippen LogP contribution in [0.25, 0.3) is 0 Å². The summed E-state index contributed by atoms with van der Waals surface area (Å²) in [4.78, 5) is 0. The van der Waals surface area contributed by atoms with Crippen LogP contribution in [0.1, 0.15) is 62.3 Å². The Morgan fingerprint density at radius 1 is 0.600 bits per heavy atom. The monoisotopic (exact) mass is 266 g/mol. The summed E-state index contributed by atoms with van der Waals surface area (Å²) in [7, 11) is 2.45. The van der Waals surface area contributed by atoms with Gasteiger partial charge in [0.25, 0.3) is 0 Å². The lowest BCUT2D eigenvalue weighted by molar-refractivity contribution is 0.780. The molecule has 0 rings (SSSR count). The minimum atomic E-state index is 0.178. The molecule has 0 aromatic rings. The van der Waals surface area contributed by atoms with Crippen LogP contribution in [0.4, 0.5) is 0 Å². The van der Waals surface area contributed by atoms with Gasteiger partial charge in [-0.05, 0) is 15.5 Å². The van der Waals surface area contributed by atoms with E-state index in [2.05, 4.69) is 62.3 Å². The molecule has 0 saturated carbocycles. The molecule has 0 saturated heterocycles. The fraction of sp³-hybridized carbons (Fsp3) is 1.00. The summed E-state index contributed by atoms with van der Waals surface area (Å²) in [5, 5.41) is 1.54. The SMILES string of the molecule is CC(C)(C)PP(PC(C)(C)C)C(C)(C)C. The maximum absolute atomic E-state index is 2.43. The Kier molecular flexibility index (Phi) is 5.75. The Hall–Kier alpha value is 1.29. The lowest BCUT2D eigenvalue weighted by atomic mass is 10.3. The molecule has 0 nitrogen and oxygen atoms in total. The first kappa shape index (κ1) is 16.3. The highest BCUT2D eigenvalue weighted by molar-refractivity contribution is 8.52. The summed E-state index contributed by atoms with van der Waals surface area (Å²) in [6.45, 7) is 21.6. The fourth-order valence-electron chi connectivity index (χ4n) is 1.03. The van der Waals surface area contributed by atoms with Gasteiger partial charge in [-0.15, -0.1) is 0 Å². The van der Waals surface area contributed by atoms with Crippen LogP contribution >= 0.6 is 23.8 Å². The zero-order valence-corrected chi connectivity index (χ0v) is 14.8. The van der Waals surface area contributed by atoms with E-state index in [0.717, 1.165) is 16.5 Å². The molecule has 0 bridgehead atoms. The average molecular weight is 266 g/mol. The second-order valence-corrected chi connectivity index (χ2v) is 18.1. The first-order valence-electron chi connectivity index (χ1n) is 5.67. The van der Waals surface area contributed by atoms with E-state index >= 15 is 0 Å². The molecule has 0 radical (unpaired) electrons. The van der Waals surface area contributed by atoms with Crippen LogP contribution in [0, 0.1) is 0 Å². The molecule has 0 heterocycles. The number of hydrogen-bond acceptors (Lipinski definition) is 0. The molecule has 0 aliphatic heterocycles. The highest BCUT2D eigenvalue weighted by atomic mass is 32.4. The fourth-order valence-corrected chi connectivity index (χ4v) is 15.8. The summed E-state index contributed by atoms with van der Waals surface area (Å²) in [5.74, 6) is 0. The minimum Gasteiger partial charge on any atom is -0.0857 e. The molecule has 0 N–H and O–H groups in total. The first-order valence-corrected chi connectivity index (χ1v) is 10.7. The lowest BCUT2D eigenvalue weighted by Gasteiger charge is -2.39. The van der Waals surface area contributed by atoms with Gasteiger partial charge in [0.05, 0.1) is 0 Å². The van der Waals surface area contributed by atoms with E-state index in [0.29, 0.717) is 15.5 Å². The standard InChI is InChI=1S/C12H29P3/c1-10(2,3)13-15(12(7,8)9)14-11(4,5)6/h13-14H,1-9H3. The molecule has 0 aromatic heterocycles. The van der Waals surface area contributed by atoms with Crippen LogP contribution in [0.2, 0.25) is 0 Å². The molecule has 0 aliphatic rings. The Morgan fingerprint density at radius 2 is 0.867 bits per heavy atom. The van der Waals surface area contributed by atoms with Crippen molar-refractivity contribution < 1.29 is 0 Å². The van der Waals surface area contributed by atoms with Crippen molar-refractivity contribution in [1.82, 2.24) is 0 Å². The maximum Gasteiger partial charge on any atom is -0.0107 e. The van der Waals surface area contributed by atoms with Gasteiger partial charge >= 0.3 is 0 Å². The van der Waals surface area contributed by atoms with Gasteiger partial charge in [0.2, 0.25) is 0 Å². The Labute approximate surface area is 102 Å². The van der Waals surface area contributed by atoms with Gasteiger partial charge < -0.3 is 0 Å². The van der Waals surface area contributed by atoms with Crippen LogP contribution in [-0.2, 0) is 0 Å². The summed E-state index contributed by atoms with van der Waals surface area (Å²) in [6, 6.07) is 0. The van der Waals surface area contributed by atoms with Gasteiger partial charge in [0.1, 0.15) is 0 Å². The summed E-state index contributed by atoms with van der Waals surface area (Å²) in [5.41, 5.74) is 0. The molecule has 0 fully saturated rings. The van der Waals surface area contributed by atoms with Crippen LogP contribution in [0.5, 0.6) is 0 Å². The third-order valence-electron chi connectivity index (χ3n) is 1.57. The molecular weight excluding hydrogens is 237 g/mol. The zero-order chi connectivity index (χ0) is 12.5. The molecule has 92 valence electrons. The highest BCUT2D eigenvalue weighted by Gasteiger charge is 2.31. The second kappa shape index (κ2) is 5.29.